The molecule has 1 aliphatic heterocycles. The van der Waals surface area contributed by atoms with Crippen molar-refractivity contribution in [3.05, 3.63) is 82.9 Å². The summed E-state index contributed by atoms with van der Waals surface area (Å²) in [6.07, 6.45) is 4.85. The molecule has 5 heteroatoms. The minimum Gasteiger partial charge on any atom is -0.461 e. The second kappa shape index (κ2) is 11.5. The first kappa shape index (κ1) is 23.6. The van der Waals surface area contributed by atoms with Crippen LogP contribution in [0.5, 0.6) is 0 Å². The summed E-state index contributed by atoms with van der Waals surface area (Å²) >= 11 is 6.18. The molecule has 3 aromatic carbocycles. The molecule has 3 nitrogen and oxygen atoms in total. The average molecular weight is 458 g/mol. The van der Waals surface area contributed by atoms with E-state index >= 15 is 0 Å². The van der Waals surface area contributed by atoms with Crippen molar-refractivity contribution in [3.63, 3.8) is 0 Å². The highest BCUT2D eigenvalue weighted by Crippen LogP contribution is 2.29. The van der Waals surface area contributed by atoms with Crippen molar-refractivity contribution in [2.24, 2.45) is 0 Å². The van der Waals surface area contributed by atoms with Gasteiger partial charge in [-0.05, 0) is 67.4 Å². The Bertz CT molecular complexity index is 996. The standard InChI is InChI=1S/C26H28ClNO2.ClH/c27-25-14-5-4-12-24(25)26(29)30-19-21(15-18-28-16-6-1-7-17-28)23-13-8-10-20-9-2-3-11-22(20)23;/h2-5,8-14,21H,1,6-7,15-19H2;1H. The Labute approximate surface area is 195 Å². The largest absolute Gasteiger partial charge is 0.461 e. The second-order valence-corrected chi connectivity index (χ2v) is 8.44. The normalized spacial score (nSPS) is 15.3. The van der Waals surface area contributed by atoms with Gasteiger partial charge in [0, 0.05) is 5.92 Å². The summed E-state index contributed by atoms with van der Waals surface area (Å²) in [6.45, 7) is 3.72. The van der Waals surface area contributed by atoms with Crippen LogP contribution in [0.3, 0.4) is 0 Å². The van der Waals surface area contributed by atoms with Crippen LogP contribution in [-0.4, -0.2) is 37.1 Å². The molecule has 0 bridgehead atoms. The van der Waals surface area contributed by atoms with Gasteiger partial charge in [-0.2, -0.15) is 0 Å². The summed E-state index contributed by atoms with van der Waals surface area (Å²) in [4.78, 5) is 15.2. The molecule has 4 rings (SSSR count). The van der Waals surface area contributed by atoms with Crippen LogP contribution in [0, 0.1) is 0 Å². The maximum atomic E-state index is 12.7. The highest BCUT2D eigenvalue weighted by Gasteiger charge is 2.20. The third-order valence-corrected chi connectivity index (χ3v) is 6.34. The molecule has 31 heavy (non-hydrogen) atoms. The number of hydrogen-bond acceptors (Lipinski definition) is 3. The lowest BCUT2D eigenvalue weighted by molar-refractivity contribution is 0.0470. The maximum absolute atomic E-state index is 12.7. The van der Waals surface area contributed by atoms with Gasteiger partial charge < -0.3 is 9.64 Å². The van der Waals surface area contributed by atoms with E-state index in [1.54, 1.807) is 18.2 Å². The van der Waals surface area contributed by atoms with E-state index in [9.17, 15) is 4.79 Å². The molecule has 0 radical (unpaired) electrons. The number of halogens is 2. The number of carbonyl (C=O) groups is 1. The Kier molecular flexibility index (Phi) is 8.77. The third-order valence-electron chi connectivity index (χ3n) is 6.02. The molecule has 0 aliphatic carbocycles. The topological polar surface area (TPSA) is 29.5 Å². The lowest BCUT2D eigenvalue weighted by atomic mass is 9.91. The van der Waals surface area contributed by atoms with Crippen LogP contribution < -0.4 is 0 Å². The van der Waals surface area contributed by atoms with E-state index in [4.69, 9.17) is 16.3 Å². The molecule has 0 aromatic heterocycles. The third kappa shape index (κ3) is 6.00. The average Bonchev–Trinajstić information content (AvgIpc) is 2.80. The van der Waals surface area contributed by atoms with Gasteiger partial charge in [0.05, 0.1) is 17.2 Å². The van der Waals surface area contributed by atoms with E-state index < -0.39 is 0 Å². The first-order chi connectivity index (χ1) is 14.7. The van der Waals surface area contributed by atoms with Crippen molar-refractivity contribution in [2.45, 2.75) is 31.6 Å². The predicted octanol–water partition coefficient (Wildman–Crippen LogP) is 6.73. The molecule has 1 heterocycles. The zero-order valence-corrected chi connectivity index (χ0v) is 19.2. The first-order valence-electron chi connectivity index (χ1n) is 10.8. The smallest absolute Gasteiger partial charge is 0.339 e. The highest BCUT2D eigenvalue weighted by molar-refractivity contribution is 6.33. The number of piperidine rings is 1. The number of benzene rings is 3. The molecule has 0 saturated carbocycles. The number of fused-ring (bicyclic) bond motifs is 1. The van der Waals surface area contributed by atoms with Crippen LogP contribution in [0.25, 0.3) is 10.8 Å². The van der Waals surface area contributed by atoms with Crippen LogP contribution >= 0.6 is 24.0 Å². The minimum absolute atomic E-state index is 0. The lowest BCUT2D eigenvalue weighted by Crippen LogP contribution is -2.32. The molecule has 1 atom stereocenters. The van der Waals surface area contributed by atoms with E-state index in [1.165, 1.54) is 48.7 Å². The number of hydrogen-bond donors (Lipinski definition) is 0. The fourth-order valence-electron chi connectivity index (χ4n) is 4.34. The number of rotatable bonds is 7. The quantitative estimate of drug-likeness (QED) is 0.368. The van der Waals surface area contributed by atoms with Crippen LogP contribution in [0.2, 0.25) is 5.02 Å². The molecular formula is C26H29Cl2NO2. The SMILES string of the molecule is Cl.O=C(OCC(CCN1CCCCC1)c1cccc2ccccc12)c1ccccc1Cl. The van der Waals surface area contributed by atoms with Gasteiger partial charge in [0.2, 0.25) is 0 Å². The van der Waals surface area contributed by atoms with E-state index in [1.807, 2.05) is 6.07 Å². The number of likely N-dealkylation sites (tertiary alicyclic amines) is 1. The number of nitrogens with zero attached hydrogens (tertiary/aromatic N) is 1. The van der Waals surface area contributed by atoms with Crippen molar-refractivity contribution in [2.75, 3.05) is 26.2 Å². The molecule has 0 spiro atoms. The molecular weight excluding hydrogens is 429 g/mol. The Morgan fingerprint density at radius 1 is 0.935 bits per heavy atom. The zero-order chi connectivity index (χ0) is 20.8. The van der Waals surface area contributed by atoms with Gasteiger partial charge in [-0.3, -0.25) is 0 Å². The maximum Gasteiger partial charge on any atom is 0.339 e. The van der Waals surface area contributed by atoms with Crippen molar-refractivity contribution >= 4 is 40.7 Å². The van der Waals surface area contributed by atoms with E-state index in [0.29, 0.717) is 17.2 Å². The molecule has 0 N–H and O–H groups in total. The Morgan fingerprint density at radius 2 is 1.65 bits per heavy atom. The summed E-state index contributed by atoms with van der Waals surface area (Å²) in [5, 5.41) is 2.88. The molecule has 3 aromatic rings. The van der Waals surface area contributed by atoms with Gasteiger partial charge in [-0.25, -0.2) is 4.79 Å². The molecule has 164 valence electrons. The van der Waals surface area contributed by atoms with E-state index in [2.05, 4.69) is 47.4 Å². The molecule has 1 unspecified atom stereocenters. The molecule has 1 fully saturated rings. The Morgan fingerprint density at radius 3 is 2.45 bits per heavy atom. The molecule has 1 saturated heterocycles. The molecule has 0 amide bonds. The zero-order valence-electron chi connectivity index (χ0n) is 17.6. The van der Waals surface area contributed by atoms with E-state index in [0.717, 1.165) is 13.0 Å². The highest BCUT2D eigenvalue weighted by atomic mass is 35.5. The summed E-state index contributed by atoms with van der Waals surface area (Å²) in [7, 11) is 0. The predicted molar refractivity (Wildman–Crippen MR) is 131 cm³/mol. The van der Waals surface area contributed by atoms with Crippen molar-refractivity contribution in [1.29, 1.82) is 0 Å². The fourth-order valence-corrected chi connectivity index (χ4v) is 4.55. The van der Waals surface area contributed by atoms with E-state index in [-0.39, 0.29) is 24.3 Å². The van der Waals surface area contributed by atoms with Crippen molar-refractivity contribution in [1.82, 2.24) is 4.90 Å². The summed E-state index contributed by atoms with van der Waals surface area (Å²) in [6, 6.07) is 21.9. The van der Waals surface area contributed by atoms with Crippen LogP contribution in [0.15, 0.2) is 66.7 Å². The summed E-state index contributed by atoms with van der Waals surface area (Å²) in [5.74, 6) is -0.215. The Balaban J connectivity index is 0.00000272. The van der Waals surface area contributed by atoms with Gasteiger partial charge in [0.15, 0.2) is 0 Å². The molecule has 1 aliphatic rings. The fraction of sp³-hybridized carbons (Fsp3) is 0.346. The van der Waals surface area contributed by atoms with Gasteiger partial charge in [-0.1, -0.05) is 72.6 Å². The summed E-state index contributed by atoms with van der Waals surface area (Å²) < 4.78 is 5.77. The second-order valence-electron chi connectivity index (χ2n) is 8.03. The number of ether oxygens (including phenoxy) is 1. The van der Waals surface area contributed by atoms with Gasteiger partial charge in [0.1, 0.15) is 0 Å². The number of carbonyl (C=O) groups excluding carboxylic acids is 1. The van der Waals surface area contributed by atoms with Gasteiger partial charge in [-0.15, -0.1) is 12.4 Å². The van der Waals surface area contributed by atoms with Crippen molar-refractivity contribution in [3.8, 4) is 0 Å². The Hall–Kier alpha value is -2.07. The van der Waals surface area contributed by atoms with Crippen molar-refractivity contribution < 1.29 is 9.53 Å². The number of esters is 1. The summed E-state index contributed by atoms with van der Waals surface area (Å²) in [5.41, 5.74) is 1.67. The van der Waals surface area contributed by atoms with Crippen LogP contribution in [0.1, 0.15) is 47.5 Å². The van der Waals surface area contributed by atoms with Gasteiger partial charge in [0.25, 0.3) is 0 Å². The lowest BCUT2D eigenvalue weighted by Gasteiger charge is -2.28. The van der Waals surface area contributed by atoms with Crippen LogP contribution in [0.4, 0.5) is 0 Å². The monoisotopic (exact) mass is 457 g/mol. The minimum atomic E-state index is -0.358. The van der Waals surface area contributed by atoms with Gasteiger partial charge >= 0.3 is 5.97 Å². The van der Waals surface area contributed by atoms with Crippen LogP contribution in [-0.2, 0) is 4.74 Å². The first-order valence-corrected chi connectivity index (χ1v) is 11.2.